The number of aromatic nitrogens is 2. The van der Waals surface area contributed by atoms with Gasteiger partial charge in [0, 0.05) is 11.8 Å². The average Bonchev–Trinajstić information content (AvgIpc) is 2.78. The third-order valence-corrected chi connectivity index (χ3v) is 7.35. The van der Waals surface area contributed by atoms with E-state index in [0.717, 1.165) is 5.56 Å². The summed E-state index contributed by atoms with van der Waals surface area (Å²) in [5.41, 5.74) is 1.24. The summed E-state index contributed by atoms with van der Waals surface area (Å²) in [6.45, 7) is 4.04. The number of anilines is 2. The number of methoxy groups -OCH3 is 2. The third-order valence-electron chi connectivity index (χ3n) is 4.59. The summed E-state index contributed by atoms with van der Waals surface area (Å²) < 4.78 is 65.4. The van der Waals surface area contributed by atoms with Crippen molar-refractivity contribution in [1.82, 2.24) is 9.97 Å². The molecule has 0 radical (unpaired) electrons. The van der Waals surface area contributed by atoms with Gasteiger partial charge in [-0.05, 0) is 47.9 Å². The Kier molecular flexibility index (Phi) is 7.08. The maximum absolute atomic E-state index is 12.7. The van der Waals surface area contributed by atoms with E-state index >= 15 is 0 Å². The standard InChI is InChI=1S/C21H24N4O6S2/c1-14(2)15-5-9-17(10-6-15)32(26,27)24-16-7-11-18(12-8-16)33(28,29)25-19-13-20(30-3)23-21(22-19)31-4/h5-14,24H,1-4H3,(H,22,23,25). The number of ether oxygens (including phenoxy) is 2. The van der Waals surface area contributed by atoms with Gasteiger partial charge >= 0.3 is 6.01 Å². The lowest BCUT2D eigenvalue weighted by molar-refractivity contribution is 0.353. The van der Waals surface area contributed by atoms with Gasteiger partial charge in [-0.1, -0.05) is 26.0 Å². The van der Waals surface area contributed by atoms with Gasteiger partial charge in [0.25, 0.3) is 20.0 Å². The van der Waals surface area contributed by atoms with Crippen LogP contribution in [-0.4, -0.2) is 41.0 Å². The van der Waals surface area contributed by atoms with Crippen LogP contribution in [0.15, 0.2) is 64.4 Å². The van der Waals surface area contributed by atoms with Crippen molar-refractivity contribution >= 4 is 31.6 Å². The Hall–Kier alpha value is -3.38. The Bertz CT molecular complexity index is 1300. The third kappa shape index (κ3) is 5.90. The second kappa shape index (κ2) is 9.63. The molecular formula is C21H24N4O6S2. The van der Waals surface area contributed by atoms with Gasteiger partial charge in [0.15, 0.2) is 5.82 Å². The number of hydrogen-bond acceptors (Lipinski definition) is 8. The zero-order chi connectivity index (χ0) is 24.2. The monoisotopic (exact) mass is 492 g/mol. The Morgan fingerprint density at radius 2 is 1.30 bits per heavy atom. The summed E-state index contributed by atoms with van der Waals surface area (Å²) in [6.07, 6.45) is 0. The SMILES string of the molecule is COc1cc(NS(=O)(=O)c2ccc(NS(=O)(=O)c3ccc(C(C)C)cc3)cc2)nc(OC)n1. The first-order valence-corrected chi connectivity index (χ1v) is 12.7. The number of nitrogens with one attached hydrogen (secondary N) is 2. The van der Waals surface area contributed by atoms with Crippen molar-refractivity contribution in [2.75, 3.05) is 23.7 Å². The Morgan fingerprint density at radius 1 is 0.758 bits per heavy atom. The lowest BCUT2D eigenvalue weighted by Crippen LogP contribution is -2.15. The molecule has 0 aliphatic heterocycles. The number of hydrogen-bond donors (Lipinski definition) is 2. The number of sulfonamides is 2. The van der Waals surface area contributed by atoms with E-state index < -0.39 is 20.0 Å². The van der Waals surface area contributed by atoms with Gasteiger partial charge in [-0.2, -0.15) is 9.97 Å². The minimum atomic E-state index is -4.02. The van der Waals surface area contributed by atoms with Crippen LogP contribution in [0.3, 0.4) is 0 Å². The van der Waals surface area contributed by atoms with Crippen molar-refractivity contribution in [3.05, 3.63) is 60.2 Å². The smallest absolute Gasteiger partial charge is 0.321 e. The maximum Gasteiger partial charge on any atom is 0.321 e. The highest BCUT2D eigenvalue weighted by molar-refractivity contribution is 7.93. The van der Waals surface area contributed by atoms with Gasteiger partial charge in [-0.3, -0.25) is 9.44 Å². The molecule has 12 heteroatoms. The highest BCUT2D eigenvalue weighted by Crippen LogP contribution is 2.23. The first kappa shape index (κ1) is 24.3. The molecule has 0 bridgehead atoms. The molecule has 3 rings (SSSR count). The van der Waals surface area contributed by atoms with E-state index in [9.17, 15) is 16.8 Å². The van der Waals surface area contributed by atoms with E-state index in [1.165, 1.54) is 56.7 Å². The van der Waals surface area contributed by atoms with Gasteiger partial charge in [0.2, 0.25) is 5.88 Å². The highest BCUT2D eigenvalue weighted by atomic mass is 32.2. The number of nitrogens with zero attached hydrogens (tertiary/aromatic N) is 2. The maximum atomic E-state index is 12.7. The fourth-order valence-corrected chi connectivity index (χ4v) is 4.85. The van der Waals surface area contributed by atoms with Crippen LogP contribution in [-0.2, 0) is 20.0 Å². The molecule has 1 aromatic heterocycles. The van der Waals surface area contributed by atoms with Gasteiger partial charge in [-0.25, -0.2) is 16.8 Å². The molecule has 176 valence electrons. The lowest BCUT2D eigenvalue weighted by Gasteiger charge is -2.12. The molecule has 0 fully saturated rings. The molecule has 1 heterocycles. The summed E-state index contributed by atoms with van der Waals surface area (Å²) >= 11 is 0. The topological polar surface area (TPSA) is 137 Å². The van der Waals surface area contributed by atoms with E-state index in [-0.39, 0.29) is 39.1 Å². The molecule has 0 unspecified atom stereocenters. The normalized spacial score (nSPS) is 11.8. The molecular weight excluding hydrogens is 468 g/mol. The van der Waals surface area contributed by atoms with Gasteiger partial charge in [0.1, 0.15) is 0 Å². The molecule has 33 heavy (non-hydrogen) atoms. The Morgan fingerprint density at radius 3 is 1.82 bits per heavy atom. The fraction of sp³-hybridized carbons (Fsp3) is 0.238. The first-order valence-electron chi connectivity index (χ1n) is 9.77. The van der Waals surface area contributed by atoms with Gasteiger partial charge in [-0.15, -0.1) is 0 Å². The minimum absolute atomic E-state index is 0.0478. The Balaban J connectivity index is 1.77. The summed E-state index contributed by atoms with van der Waals surface area (Å²) in [5.74, 6) is 0.349. The van der Waals surface area contributed by atoms with Gasteiger partial charge in [0.05, 0.1) is 24.0 Å². The van der Waals surface area contributed by atoms with Crippen LogP contribution in [0.4, 0.5) is 11.5 Å². The summed E-state index contributed by atoms with van der Waals surface area (Å²) in [7, 11) is -5.13. The molecule has 0 amide bonds. The van der Waals surface area contributed by atoms with Crippen LogP contribution in [0.1, 0.15) is 25.3 Å². The van der Waals surface area contributed by atoms with E-state index in [0.29, 0.717) is 0 Å². The van der Waals surface area contributed by atoms with Crippen LogP contribution in [0, 0.1) is 0 Å². The molecule has 2 N–H and O–H groups in total. The fourth-order valence-electron chi connectivity index (χ4n) is 2.80. The predicted octanol–water partition coefficient (Wildman–Crippen LogP) is 3.22. The molecule has 0 saturated heterocycles. The molecule has 3 aromatic rings. The van der Waals surface area contributed by atoms with E-state index in [1.54, 1.807) is 12.1 Å². The predicted molar refractivity (Wildman–Crippen MR) is 124 cm³/mol. The van der Waals surface area contributed by atoms with Crippen molar-refractivity contribution < 1.29 is 26.3 Å². The lowest BCUT2D eigenvalue weighted by atomic mass is 10.0. The molecule has 2 aromatic carbocycles. The van der Waals surface area contributed by atoms with Crippen molar-refractivity contribution in [3.8, 4) is 11.9 Å². The minimum Gasteiger partial charge on any atom is -0.481 e. The van der Waals surface area contributed by atoms with Crippen molar-refractivity contribution in [3.63, 3.8) is 0 Å². The summed E-state index contributed by atoms with van der Waals surface area (Å²) in [4.78, 5) is 7.85. The van der Waals surface area contributed by atoms with Crippen LogP contribution >= 0.6 is 0 Å². The Labute approximate surface area is 193 Å². The number of rotatable bonds is 9. The number of benzene rings is 2. The zero-order valence-electron chi connectivity index (χ0n) is 18.4. The molecule has 0 aliphatic carbocycles. The van der Waals surface area contributed by atoms with Crippen LogP contribution in [0.2, 0.25) is 0 Å². The molecule has 0 atom stereocenters. The first-order chi connectivity index (χ1) is 15.5. The molecule has 0 spiro atoms. The van der Waals surface area contributed by atoms with Crippen molar-refractivity contribution in [1.29, 1.82) is 0 Å². The van der Waals surface area contributed by atoms with E-state index in [1.807, 2.05) is 13.8 Å². The summed E-state index contributed by atoms with van der Waals surface area (Å²) in [6, 6.07) is 13.1. The van der Waals surface area contributed by atoms with Crippen LogP contribution in [0.25, 0.3) is 0 Å². The second-order valence-electron chi connectivity index (χ2n) is 7.24. The molecule has 0 saturated carbocycles. The quantitative estimate of drug-likeness (QED) is 0.465. The largest absolute Gasteiger partial charge is 0.481 e. The van der Waals surface area contributed by atoms with Crippen LogP contribution in [0.5, 0.6) is 11.9 Å². The zero-order valence-corrected chi connectivity index (χ0v) is 20.1. The van der Waals surface area contributed by atoms with Crippen molar-refractivity contribution in [2.24, 2.45) is 0 Å². The second-order valence-corrected chi connectivity index (χ2v) is 10.6. The highest BCUT2D eigenvalue weighted by Gasteiger charge is 2.19. The van der Waals surface area contributed by atoms with E-state index in [4.69, 9.17) is 9.47 Å². The molecule has 0 aliphatic rings. The van der Waals surface area contributed by atoms with Crippen LogP contribution < -0.4 is 18.9 Å². The average molecular weight is 493 g/mol. The van der Waals surface area contributed by atoms with Gasteiger partial charge < -0.3 is 9.47 Å². The summed E-state index contributed by atoms with van der Waals surface area (Å²) in [5, 5.41) is 0. The molecule has 10 nitrogen and oxygen atoms in total. The van der Waals surface area contributed by atoms with Crippen molar-refractivity contribution in [2.45, 2.75) is 29.6 Å². The van der Waals surface area contributed by atoms with E-state index in [2.05, 4.69) is 19.4 Å².